The number of halogens is 1. The molecule has 0 aliphatic heterocycles. The van der Waals surface area contributed by atoms with Gasteiger partial charge >= 0.3 is 0 Å². The summed E-state index contributed by atoms with van der Waals surface area (Å²) in [6, 6.07) is 4.26. The molecule has 1 atom stereocenters. The van der Waals surface area contributed by atoms with E-state index < -0.39 is 0 Å². The molecular formula is C17H22ClNO. The summed E-state index contributed by atoms with van der Waals surface area (Å²) in [6.45, 7) is 10.3. The Bertz CT molecular complexity index is 643. The molecule has 2 rings (SSSR count). The van der Waals surface area contributed by atoms with Crippen LogP contribution in [0.5, 0.6) is 0 Å². The molecule has 2 aromatic rings. The molecule has 0 radical (unpaired) electrons. The minimum absolute atomic E-state index is 0.0549. The fourth-order valence-corrected chi connectivity index (χ4v) is 3.04. The molecule has 1 unspecified atom stereocenters. The monoisotopic (exact) mass is 291 g/mol. The van der Waals surface area contributed by atoms with E-state index in [2.05, 4.69) is 32.2 Å². The van der Waals surface area contributed by atoms with Crippen molar-refractivity contribution in [2.24, 2.45) is 0 Å². The van der Waals surface area contributed by atoms with E-state index in [1.165, 1.54) is 22.3 Å². The van der Waals surface area contributed by atoms with Crippen LogP contribution in [0.15, 0.2) is 16.5 Å². The molecule has 0 fully saturated rings. The quantitative estimate of drug-likeness (QED) is 0.880. The molecule has 3 heteroatoms. The normalized spacial score (nSPS) is 12.8. The van der Waals surface area contributed by atoms with Gasteiger partial charge in [-0.05, 0) is 70.0 Å². The van der Waals surface area contributed by atoms with Crippen molar-refractivity contribution in [3.05, 3.63) is 56.5 Å². The van der Waals surface area contributed by atoms with Gasteiger partial charge in [0.05, 0.1) is 6.04 Å². The smallest absolute Gasteiger partial charge is 0.106 e. The minimum atomic E-state index is 0.0549. The number of furan rings is 1. The molecular weight excluding hydrogens is 270 g/mol. The molecule has 0 aliphatic carbocycles. The first kappa shape index (κ1) is 15.1. The van der Waals surface area contributed by atoms with E-state index in [-0.39, 0.29) is 6.04 Å². The van der Waals surface area contributed by atoms with Crippen LogP contribution in [-0.4, -0.2) is 7.05 Å². The first-order valence-corrected chi connectivity index (χ1v) is 7.25. The van der Waals surface area contributed by atoms with Gasteiger partial charge in [0.2, 0.25) is 0 Å². The number of benzene rings is 1. The Hall–Kier alpha value is -1.25. The predicted molar refractivity (Wildman–Crippen MR) is 84.7 cm³/mol. The van der Waals surface area contributed by atoms with Gasteiger partial charge in [-0.15, -0.1) is 0 Å². The van der Waals surface area contributed by atoms with Crippen LogP contribution in [-0.2, 0) is 0 Å². The van der Waals surface area contributed by atoms with Crippen LogP contribution in [0, 0.1) is 34.6 Å². The zero-order valence-electron chi connectivity index (χ0n) is 13.0. The highest BCUT2D eigenvalue weighted by Crippen LogP contribution is 2.35. The largest absolute Gasteiger partial charge is 0.466 e. The highest BCUT2D eigenvalue weighted by molar-refractivity contribution is 6.31. The molecule has 0 saturated heterocycles. The summed E-state index contributed by atoms with van der Waals surface area (Å²) in [5.74, 6) is 1.92. The molecule has 0 aliphatic rings. The van der Waals surface area contributed by atoms with E-state index in [1.54, 1.807) is 0 Å². The summed E-state index contributed by atoms with van der Waals surface area (Å²) in [7, 11) is 1.96. The number of nitrogens with one attached hydrogen (secondary N) is 1. The van der Waals surface area contributed by atoms with Crippen molar-refractivity contribution in [3.63, 3.8) is 0 Å². The summed E-state index contributed by atoms with van der Waals surface area (Å²) in [4.78, 5) is 0. The number of hydrogen-bond donors (Lipinski definition) is 1. The van der Waals surface area contributed by atoms with Crippen LogP contribution in [0.1, 0.15) is 45.4 Å². The molecule has 1 heterocycles. The molecule has 20 heavy (non-hydrogen) atoms. The van der Waals surface area contributed by atoms with Gasteiger partial charge in [0, 0.05) is 10.6 Å². The predicted octanol–water partition coefficient (Wildman–Crippen LogP) is 4.78. The van der Waals surface area contributed by atoms with Crippen LogP contribution >= 0.6 is 11.6 Å². The fourth-order valence-electron chi connectivity index (χ4n) is 2.71. The molecule has 1 aromatic carbocycles. The second-order valence-corrected chi connectivity index (χ2v) is 5.84. The minimum Gasteiger partial charge on any atom is -0.466 e. The molecule has 108 valence electrons. The lowest BCUT2D eigenvalue weighted by atomic mass is 9.93. The second-order valence-electron chi connectivity index (χ2n) is 5.43. The van der Waals surface area contributed by atoms with E-state index in [1.807, 2.05) is 27.0 Å². The summed E-state index contributed by atoms with van der Waals surface area (Å²) >= 11 is 6.47. The second kappa shape index (κ2) is 5.63. The van der Waals surface area contributed by atoms with Crippen molar-refractivity contribution < 1.29 is 4.42 Å². The Morgan fingerprint density at radius 2 is 1.60 bits per heavy atom. The standard InChI is InChI=1S/C17H22ClNO/c1-9-7-14(15(18)8-10(9)2)17(19-6)16-11(3)12(4)20-13(16)5/h7-8,17,19H,1-6H3. The Morgan fingerprint density at radius 1 is 1.00 bits per heavy atom. The summed E-state index contributed by atoms with van der Waals surface area (Å²) in [5.41, 5.74) is 5.95. The van der Waals surface area contributed by atoms with Gasteiger partial charge in [-0.1, -0.05) is 17.7 Å². The van der Waals surface area contributed by atoms with E-state index in [9.17, 15) is 0 Å². The zero-order chi connectivity index (χ0) is 15.0. The highest BCUT2D eigenvalue weighted by atomic mass is 35.5. The molecule has 1 aromatic heterocycles. The average molecular weight is 292 g/mol. The van der Waals surface area contributed by atoms with Crippen LogP contribution in [0.4, 0.5) is 0 Å². The Labute approximate surface area is 126 Å². The maximum atomic E-state index is 6.47. The lowest BCUT2D eigenvalue weighted by Crippen LogP contribution is -2.19. The van der Waals surface area contributed by atoms with Crippen molar-refractivity contribution in [1.29, 1.82) is 0 Å². The van der Waals surface area contributed by atoms with Gasteiger partial charge < -0.3 is 9.73 Å². The lowest BCUT2D eigenvalue weighted by molar-refractivity contribution is 0.495. The van der Waals surface area contributed by atoms with Gasteiger partial charge in [0.1, 0.15) is 11.5 Å². The third-order valence-corrected chi connectivity index (χ3v) is 4.45. The molecule has 1 N–H and O–H groups in total. The van der Waals surface area contributed by atoms with Crippen molar-refractivity contribution in [3.8, 4) is 0 Å². The number of aryl methyl sites for hydroxylation is 4. The molecule has 0 saturated carbocycles. The first-order chi connectivity index (χ1) is 9.36. The fraction of sp³-hybridized carbons (Fsp3) is 0.412. The van der Waals surface area contributed by atoms with Crippen molar-refractivity contribution in [2.75, 3.05) is 7.05 Å². The number of hydrogen-bond acceptors (Lipinski definition) is 2. The van der Waals surface area contributed by atoms with E-state index in [0.29, 0.717) is 0 Å². The summed E-state index contributed by atoms with van der Waals surface area (Å²) in [6.07, 6.45) is 0. The molecule has 0 bridgehead atoms. The average Bonchev–Trinajstić information content (AvgIpc) is 2.63. The van der Waals surface area contributed by atoms with E-state index >= 15 is 0 Å². The lowest BCUT2D eigenvalue weighted by Gasteiger charge is -2.20. The SMILES string of the molecule is CNC(c1cc(C)c(C)cc1Cl)c1c(C)oc(C)c1C. The van der Waals surface area contributed by atoms with Crippen molar-refractivity contribution in [1.82, 2.24) is 5.32 Å². The maximum Gasteiger partial charge on any atom is 0.106 e. The summed E-state index contributed by atoms with van der Waals surface area (Å²) < 4.78 is 5.76. The topological polar surface area (TPSA) is 25.2 Å². The Balaban J connectivity index is 2.61. The first-order valence-electron chi connectivity index (χ1n) is 6.87. The van der Waals surface area contributed by atoms with Gasteiger partial charge in [-0.3, -0.25) is 0 Å². The Kier molecular flexibility index (Phi) is 4.26. The van der Waals surface area contributed by atoms with E-state index in [4.69, 9.17) is 16.0 Å². The zero-order valence-corrected chi connectivity index (χ0v) is 13.8. The highest BCUT2D eigenvalue weighted by Gasteiger charge is 2.23. The van der Waals surface area contributed by atoms with Crippen LogP contribution < -0.4 is 5.32 Å². The van der Waals surface area contributed by atoms with Crippen molar-refractivity contribution in [2.45, 2.75) is 40.7 Å². The van der Waals surface area contributed by atoms with Crippen LogP contribution in [0.2, 0.25) is 5.02 Å². The van der Waals surface area contributed by atoms with Gasteiger partial charge in [0.15, 0.2) is 0 Å². The van der Waals surface area contributed by atoms with E-state index in [0.717, 1.165) is 22.1 Å². The third kappa shape index (κ3) is 2.50. The van der Waals surface area contributed by atoms with Crippen LogP contribution in [0.3, 0.4) is 0 Å². The summed E-state index contributed by atoms with van der Waals surface area (Å²) in [5, 5.41) is 4.17. The Morgan fingerprint density at radius 3 is 2.10 bits per heavy atom. The van der Waals surface area contributed by atoms with Gasteiger partial charge in [0.25, 0.3) is 0 Å². The van der Waals surface area contributed by atoms with Crippen LogP contribution in [0.25, 0.3) is 0 Å². The van der Waals surface area contributed by atoms with Gasteiger partial charge in [-0.25, -0.2) is 0 Å². The molecule has 0 amide bonds. The van der Waals surface area contributed by atoms with Gasteiger partial charge in [-0.2, -0.15) is 0 Å². The van der Waals surface area contributed by atoms with Crippen molar-refractivity contribution >= 4 is 11.6 Å². The number of rotatable bonds is 3. The molecule has 0 spiro atoms. The molecule has 2 nitrogen and oxygen atoms in total. The maximum absolute atomic E-state index is 6.47. The third-order valence-electron chi connectivity index (χ3n) is 4.12.